The van der Waals surface area contributed by atoms with Gasteiger partial charge in [-0.15, -0.1) is 0 Å². The maximum Gasteiger partial charge on any atom is 0.327 e. The van der Waals surface area contributed by atoms with Crippen molar-refractivity contribution in [3.8, 4) is 17.2 Å². The van der Waals surface area contributed by atoms with E-state index in [-0.39, 0.29) is 31.1 Å². The Morgan fingerprint density at radius 1 is 1.19 bits per heavy atom. The average molecular weight is 381 g/mol. The Morgan fingerprint density at radius 3 is 2.58 bits per heavy atom. The summed E-state index contributed by atoms with van der Waals surface area (Å²) < 4.78 is 10.7. The van der Waals surface area contributed by atoms with Gasteiger partial charge in [0.25, 0.3) is 0 Å². The lowest BCUT2D eigenvalue weighted by Gasteiger charge is -2.26. The van der Waals surface area contributed by atoms with Gasteiger partial charge in [0.05, 0.1) is 5.02 Å². The normalized spacial score (nSPS) is 13.0. The van der Waals surface area contributed by atoms with Crippen LogP contribution < -0.4 is 16.0 Å². The Kier molecular flexibility index (Phi) is 6.68. The molecule has 5 N–H and O–H groups in total. The quantitative estimate of drug-likeness (QED) is 0.182. The van der Waals surface area contributed by atoms with Gasteiger partial charge in [-0.3, -0.25) is 5.84 Å². The molecule has 0 amide bonds. The number of hydrazine groups is 1. The maximum atomic E-state index is 12.4. The largest absolute Gasteiger partial charge is 0.504 e. The Hall–Kier alpha value is -2.48. The number of phenolic OH excluding ortho intramolecular Hbond substituents is 2. The number of benzene rings is 2. The van der Waals surface area contributed by atoms with Crippen molar-refractivity contribution in [3.05, 3.63) is 53.1 Å². The van der Waals surface area contributed by atoms with Gasteiger partial charge in [0.1, 0.15) is 24.5 Å². The summed E-state index contributed by atoms with van der Waals surface area (Å²) in [7, 11) is 0. The molecule has 0 saturated carbocycles. The molecule has 2 aromatic rings. The summed E-state index contributed by atoms with van der Waals surface area (Å²) in [6.07, 6.45) is 0.154. The molecule has 26 heavy (non-hydrogen) atoms. The van der Waals surface area contributed by atoms with Gasteiger partial charge in [0, 0.05) is 6.42 Å². The van der Waals surface area contributed by atoms with Gasteiger partial charge in [-0.1, -0.05) is 29.8 Å². The highest BCUT2D eigenvalue weighted by Gasteiger charge is 2.34. The molecule has 0 bridgehead atoms. The Bertz CT molecular complexity index is 771. The molecule has 0 spiro atoms. The molecule has 0 aromatic heterocycles. The first-order valence-corrected chi connectivity index (χ1v) is 8.27. The highest BCUT2D eigenvalue weighted by Crippen LogP contribution is 2.27. The van der Waals surface area contributed by atoms with Crippen molar-refractivity contribution in [3.63, 3.8) is 0 Å². The van der Waals surface area contributed by atoms with Crippen LogP contribution in [-0.2, 0) is 16.0 Å². The first-order chi connectivity index (χ1) is 12.4. The number of ether oxygens (including phenoxy) is 2. The number of halogens is 1. The van der Waals surface area contributed by atoms with E-state index in [0.717, 1.165) is 0 Å². The summed E-state index contributed by atoms with van der Waals surface area (Å²) in [5, 5.41) is 19.4. The molecule has 1 unspecified atom stereocenters. The molecule has 0 radical (unpaired) electrons. The summed E-state index contributed by atoms with van der Waals surface area (Å²) >= 11 is 5.98. The third-order valence-corrected chi connectivity index (χ3v) is 4.09. The van der Waals surface area contributed by atoms with Crippen molar-refractivity contribution in [2.45, 2.75) is 18.9 Å². The highest BCUT2D eigenvalue weighted by molar-refractivity contribution is 6.32. The van der Waals surface area contributed by atoms with Crippen molar-refractivity contribution in [1.29, 1.82) is 0 Å². The first kappa shape index (κ1) is 19.8. The van der Waals surface area contributed by atoms with Crippen LogP contribution in [-0.4, -0.2) is 34.9 Å². The van der Waals surface area contributed by atoms with Crippen molar-refractivity contribution in [1.82, 2.24) is 5.43 Å². The maximum absolute atomic E-state index is 12.4. The predicted octanol–water partition coefficient (Wildman–Crippen LogP) is 2.14. The Balaban J connectivity index is 1.90. The number of rotatable bonds is 8. The summed E-state index contributed by atoms with van der Waals surface area (Å²) in [6.45, 7) is 1.73. The fourth-order valence-electron chi connectivity index (χ4n) is 2.28. The zero-order valence-corrected chi connectivity index (χ0v) is 15.0. The van der Waals surface area contributed by atoms with Crippen LogP contribution in [0.15, 0.2) is 42.5 Å². The lowest BCUT2D eigenvalue weighted by atomic mass is 9.93. The number of para-hydroxylation sites is 1. The number of nitrogens with one attached hydrogen (secondary N) is 1. The molecule has 0 aliphatic carbocycles. The minimum Gasteiger partial charge on any atom is -0.504 e. The van der Waals surface area contributed by atoms with E-state index >= 15 is 0 Å². The van der Waals surface area contributed by atoms with Crippen LogP contribution in [0.2, 0.25) is 5.02 Å². The molecule has 1 atom stereocenters. The molecule has 140 valence electrons. The molecular weight excluding hydrogens is 360 g/mol. The fraction of sp³-hybridized carbons (Fsp3) is 0.278. The van der Waals surface area contributed by atoms with Crippen LogP contribution >= 0.6 is 11.6 Å². The van der Waals surface area contributed by atoms with E-state index in [0.29, 0.717) is 16.3 Å². The monoisotopic (exact) mass is 380 g/mol. The molecule has 8 heteroatoms. The zero-order chi connectivity index (χ0) is 19.2. The van der Waals surface area contributed by atoms with Gasteiger partial charge in [-0.05, 0) is 36.8 Å². The van der Waals surface area contributed by atoms with Crippen LogP contribution in [0.5, 0.6) is 17.2 Å². The van der Waals surface area contributed by atoms with Gasteiger partial charge in [-0.2, -0.15) is 0 Å². The van der Waals surface area contributed by atoms with E-state index in [1.807, 2.05) is 0 Å². The van der Waals surface area contributed by atoms with Crippen molar-refractivity contribution in [2.24, 2.45) is 5.84 Å². The zero-order valence-electron chi connectivity index (χ0n) is 14.2. The number of carbonyl (C=O) groups excluding carboxylic acids is 1. The third kappa shape index (κ3) is 5.01. The van der Waals surface area contributed by atoms with Crippen molar-refractivity contribution in [2.75, 3.05) is 13.2 Å². The highest BCUT2D eigenvalue weighted by atomic mass is 35.5. The molecule has 0 fully saturated rings. The molecule has 0 aliphatic rings. The predicted molar refractivity (Wildman–Crippen MR) is 97.1 cm³/mol. The van der Waals surface area contributed by atoms with E-state index in [2.05, 4.69) is 5.43 Å². The number of esters is 1. The molecule has 7 nitrogen and oxygen atoms in total. The summed E-state index contributed by atoms with van der Waals surface area (Å²) in [6, 6.07) is 11.3. The Morgan fingerprint density at radius 2 is 1.92 bits per heavy atom. The minimum absolute atomic E-state index is 0.0160. The van der Waals surface area contributed by atoms with Crippen LogP contribution in [0.25, 0.3) is 0 Å². The topological polar surface area (TPSA) is 114 Å². The molecule has 0 heterocycles. The molecular formula is C18H21ClN2O5. The number of carbonyl (C=O) groups is 1. The van der Waals surface area contributed by atoms with Gasteiger partial charge in [-0.25, -0.2) is 10.2 Å². The second-order valence-corrected chi connectivity index (χ2v) is 6.30. The van der Waals surface area contributed by atoms with Gasteiger partial charge >= 0.3 is 5.97 Å². The van der Waals surface area contributed by atoms with Crippen molar-refractivity contribution < 1.29 is 24.5 Å². The minimum atomic E-state index is -1.21. The lowest BCUT2D eigenvalue weighted by molar-refractivity contribution is -0.151. The smallest absolute Gasteiger partial charge is 0.327 e. The fourth-order valence-corrected chi connectivity index (χ4v) is 2.47. The molecule has 0 aliphatic heterocycles. The van der Waals surface area contributed by atoms with Crippen LogP contribution in [0.4, 0.5) is 0 Å². The lowest BCUT2D eigenvalue weighted by Crippen LogP contribution is -2.55. The van der Waals surface area contributed by atoms with Crippen molar-refractivity contribution >= 4 is 17.6 Å². The molecule has 2 rings (SSSR count). The number of nitrogens with two attached hydrogens (primary N) is 1. The van der Waals surface area contributed by atoms with E-state index in [1.165, 1.54) is 12.1 Å². The van der Waals surface area contributed by atoms with E-state index < -0.39 is 11.5 Å². The number of phenols is 2. The third-order valence-electron chi connectivity index (χ3n) is 3.78. The van der Waals surface area contributed by atoms with Crippen LogP contribution in [0.1, 0.15) is 12.5 Å². The van der Waals surface area contributed by atoms with E-state index in [1.54, 1.807) is 37.3 Å². The van der Waals surface area contributed by atoms with E-state index in [4.69, 9.17) is 26.9 Å². The van der Waals surface area contributed by atoms with E-state index in [9.17, 15) is 15.0 Å². The average Bonchev–Trinajstić information content (AvgIpc) is 2.63. The summed E-state index contributed by atoms with van der Waals surface area (Å²) in [5.74, 6) is 4.94. The number of hydrogen-bond donors (Lipinski definition) is 4. The summed E-state index contributed by atoms with van der Waals surface area (Å²) in [5.41, 5.74) is 1.84. The van der Waals surface area contributed by atoms with Gasteiger partial charge in [0.15, 0.2) is 11.5 Å². The first-order valence-electron chi connectivity index (χ1n) is 7.89. The molecule has 0 saturated heterocycles. The summed E-state index contributed by atoms with van der Waals surface area (Å²) in [4.78, 5) is 12.4. The SMILES string of the molecule is CC(Cc1ccc(O)c(O)c1)(NN)C(=O)OCCOc1ccccc1Cl. The van der Waals surface area contributed by atoms with Gasteiger partial charge < -0.3 is 19.7 Å². The number of aromatic hydroxyl groups is 2. The Labute approximate surface area is 156 Å². The van der Waals surface area contributed by atoms with Crippen LogP contribution in [0.3, 0.4) is 0 Å². The van der Waals surface area contributed by atoms with Gasteiger partial charge in [0.2, 0.25) is 0 Å². The second-order valence-electron chi connectivity index (χ2n) is 5.89. The second kappa shape index (κ2) is 8.75. The molecule has 2 aromatic carbocycles. The standard InChI is InChI=1S/C18H21ClN2O5/c1-18(21-20,11-12-6-7-14(22)15(23)10-12)17(24)26-9-8-25-16-5-3-2-4-13(16)19/h2-7,10,21-23H,8-9,11,20H2,1H3. The number of hydrogen-bond acceptors (Lipinski definition) is 7. The van der Waals surface area contributed by atoms with Crippen LogP contribution in [0, 0.1) is 0 Å².